The van der Waals surface area contributed by atoms with Crippen molar-refractivity contribution < 1.29 is 0 Å². The van der Waals surface area contributed by atoms with Gasteiger partial charge in [0.1, 0.15) is 0 Å². The summed E-state index contributed by atoms with van der Waals surface area (Å²) in [6.45, 7) is 2.82. The molecule has 1 fully saturated rings. The average Bonchev–Trinajstić information content (AvgIpc) is 2.81. The second-order valence-electron chi connectivity index (χ2n) is 5.37. The van der Waals surface area contributed by atoms with E-state index in [0.717, 1.165) is 25.1 Å². The predicted molar refractivity (Wildman–Crippen MR) is 78.1 cm³/mol. The highest BCUT2D eigenvalue weighted by atomic mass is 15.1. The van der Waals surface area contributed by atoms with Gasteiger partial charge in [0, 0.05) is 18.3 Å². The van der Waals surface area contributed by atoms with Gasteiger partial charge in [-0.2, -0.15) is 5.10 Å². The van der Waals surface area contributed by atoms with E-state index in [1.165, 1.54) is 37.7 Å². The van der Waals surface area contributed by atoms with Crippen molar-refractivity contribution >= 4 is 5.96 Å². The lowest BCUT2D eigenvalue weighted by Crippen LogP contribution is -2.41. The Bertz CT molecular complexity index is 404. The van der Waals surface area contributed by atoms with E-state index in [2.05, 4.69) is 20.5 Å². The quantitative estimate of drug-likeness (QED) is 0.431. The van der Waals surface area contributed by atoms with Gasteiger partial charge in [0.25, 0.3) is 0 Å². The molecule has 5 heteroatoms. The summed E-state index contributed by atoms with van der Waals surface area (Å²) in [4.78, 5) is 4.40. The van der Waals surface area contributed by atoms with Gasteiger partial charge in [0.2, 0.25) is 0 Å². The van der Waals surface area contributed by atoms with Gasteiger partial charge in [0.15, 0.2) is 5.96 Å². The molecule has 0 saturated heterocycles. The maximum Gasteiger partial charge on any atom is 0.188 e. The van der Waals surface area contributed by atoms with Crippen LogP contribution in [0, 0.1) is 6.92 Å². The number of H-pyrrole nitrogens is 1. The molecule has 0 aromatic carbocycles. The normalized spacial score (nSPS) is 17.6. The van der Waals surface area contributed by atoms with Crippen molar-refractivity contribution in [2.24, 2.45) is 10.7 Å². The molecule has 0 bridgehead atoms. The highest BCUT2D eigenvalue weighted by molar-refractivity contribution is 5.78. The average molecular weight is 263 g/mol. The highest BCUT2D eigenvalue weighted by Crippen LogP contribution is 2.17. The number of aromatic nitrogens is 2. The smallest absolute Gasteiger partial charge is 0.188 e. The zero-order valence-electron chi connectivity index (χ0n) is 11.8. The van der Waals surface area contributed by atoms with E-state index in [-0.39, 0.29) is 0 Å². The molecule has 0 atom stereocenters. The Kier molecular flexibility index (Phi) is 5.24. The maximum atomic E-state index is 5.91. The van der Waals surface area contributed by atoms with Crippen LogP contribution in [0.1, 0.15) is 49.8 Å². The summed E-state index contributed by atoms with van der Waals surface area (Å²) in [5, 5.41) is 10.3. The van der Waals surface area contributed by atoms with E-state index in [0.29, 0.717) is 12.0 Å². The van der Waals surface area contributed by atoms with Crippen molar-refractivity contribution in [3.8, 4) is 0 Å². The van der Waals surface area contributed by atoms with Crippen LogP contribution in [-0.4, -0.2) is 28.7 Å². The molecule has 1 saturated carbocycles. The lowest BCUT2D eigenvalue weighted by molar-refractivity contribution is 0.412. The van der Waals surface area contributed by atoms with Gasteiger partial charge < -0.3 is 11.1 Å². The Hall–Kier alpha value is -1.52. The molecule has 5 nitrogen and oxygen atoms in total. The van der Waals surface area contributed by atoms with Crippen LogP contribution in [0.4, 0.5) is 0 Å². The lowest BCUT2D eigenvalue weighted by atomic mass is 9.96. The predicted octanol–water partition coefficient (Wildman–Crippen LogP) is 1.89. The van der Waals surface area contributed by atoms with E-state index >= 15 is 0 Å². The molecule has 106 valence electrons. The number of guanidine groups is 1. The van der Waals surface area contributed by atoms with Crippen molar-refractivity contribution in [1.82, 2.24) is 15.5 Å². The first-order valence-electron chi connectivity index (χ1n) is 7.31. The molecule has 0 radical (unpaired) electrons. The molecule has 2 rings (SSSR count). The molecule has 4 N–H and O–H groups in total. The van der Waals surface area contributed by atoms with Crippen LogP contribution >= 0.6 is 0 Å². The maximum absolute atomic E-state index is 5.91. The molecular formula is C14H25N5. The van der Waals surface area contributed by atoms with Gasteiger partial charge in [-0.05, 0) is 38.2 Å². The topological polar surface area (TPSA) is 79.1 Å². The summed E-state index contributed by atoms with van der Waals surface area (Å²) in [5.74, 6) is 0.607. The van der Waals surface area contributed by atoms with Crippen molar-refractivity contribution in [2.45, 2.75) is 57.9 Å². The van der Waals surface area contributed by atoms with Crippen LogP contribution in [0.2, 0.25) is 0 Å². The number of aryl methyl sites for hydroxylation is 2. The third-order valence-corrected chi connectivity index (χ3v) is 3.78. The molecule has 1 aliphatic carbocycles. The third-order valence-electron chi connectivity index (χ3n) is 3.78. The van der Waals surface area contributed by atoms with Crippen molar-refractivity contribution in [3.63, 3.8) is 0 Å². The molecular weight excluding hydrogens is 238 g/mol. The summed E-state index contributed by atoms with van der Waals surface area (Å²) in [6, 6.07) is 0.536. The number of hydrogen-bond acceptors (Lipinski definition) is 2. The molecule has 1 aliphatic rings. The standard InChI is InChI=1S/C14H25N5/c1-11-12(10-17-19-11)6-5-9-16-14(15)18-13-7-3-2-4-8-13/h10,13H,2-9H2,1H3,(H,17,19)(H3,15,16,18). The first-order chi connectivity index (χ1) is 9.25. The van der Waals surface area contributed by atoms with Crippen molar-refractivity contribution in [1.29, 1.82) is 0 Å². The third kappa shape index (κ3) is 4.58. The van der Waals surface area contributed by atoms with Gasteiger partial charge in [-0.1, -0.05) is 19.3 Å². The molecule has 0 spiro atoms. The minimum atomic E-state index is 0.536. The Morgan fingerprint density at radius 3 is 2.95 bits per heavy atom. The monoisotopic (exact) mass is 263 g/mol. The van der Waals surface area contributed by atoms with E-state index in [4.69, 9.17) is 5.73 Å². The van der Waals surface area contributed by atoms with E-state index in [9.17, 15) is 0 Å². The number of aromatic amines is 1. The summed E-state index contributed by atoms with van der Waals surface area (Å²) < 4.78 is 0. The summed E-state index contributed by atoms with van der Waals surface area (Å²) in [7, 11) is 0. The van der Waals surface area contributed by atoms with Crippen LogP contribution < -0.4 is 11.1 Å². The Morgan fingerprint density at radius 1 is 1.47 bits per heavy atom. The van der Waals surface area contributed by atoms with E-state index < -0.39 is 0 Å². The van der Waals surface area contributed by atoms with Crippen LogP contribution in [-0.2, 0) is 6.42 Å². The van der Waals surface area contributed by atoms with Crippen LogP contribution in [0.15, 0.2) is 11.2 Å². The summed E-state index contributed by atoms with van der Waals surface area (Å²) in [6.07, 6.45) is 10.3. The number of hydrogen-bond donors (Lipinski definition) is 3. The first kappa shape index (κ1) is 13.9. The number of aliphatic imine (C=N–C) groups is 1. The highest BCUT2D eigenvalue weighted by Gasteiger charge is 2.13. The second-order valence-corrected chi connectivity index (χ2v) is 5.37. The van der Waals surface area contributed by atoms with Crippen LogP contribution in [0.5, 0.6) is 0 Å². The van der Waals surface area contributed by atoms with Gasteiger partial charge in [-0.3, -0.25) is 10.1 Å². The van der Waals surface area contributed by atoms with Crippen LogP contribution in [0.3, 0.4) is 0 Å². The molecule has 1 aromatic heterocycles. The molecule has 1 aromatic rings. The zero-order chi connectivity index (χ0) is 13.5. The molecule has 1 heterocycles. The largest absolute Gasteiger partial charge is 0.370 e. The van der Waals surface area contributed by atoms with Crippen molar-refractivity contribution in [2.75, 3.05) is 6.54 Å². The van der Waals surface area contributed by atoms with Crippen molar-refractivity contribution in [3.05, 3.63) is 17.5 Å². The fraction of sp³-hybridized carbons (Fsp3) is 0.714. The number of rotatable bonds is 5. The lowest BCUT2D eigenvalue weighted by Gasteiger charge is -2.23. The van der Waals surface area contributed by atoms with Gasteiger partial charge >= 0.3 is 0 Å². The van der Waals surface area contributed by atoms with Crippen LogP contribution in [0.25, 0.3) is 0 Å². The molecule has 0 aliphatic heterocycles. The number of nitrogens with zero attached hydrogens (tertiary/aromatic N) is 2. The van der Waals surface area contributed by atoms with E-state index in [1.54, 1.807) is 0 Å². The first-order valence-corrected chi connectivity index (χ1v) is 7.31. The molecule has 19 heavy (non-hydrogen) atoms. The fourth-order valence-electron chi connectivity index (χ4n) is 2.60. The van der Waals surface area contributed by atoms with Gasteiger partial charge in [-0.15, -0.1) is 0 Å². The molecule has 0 unspecified atom stereocenters. The Balaban J connectivity index is 1.65. The van der Waals surface area contributed by atoms with E-state index in [1.807, 2.05) is 13.1 Å². The van der Waals surface area contributed by atoms with Gasteiger partial charge in [-0.25, -0.2) is 0 Å². The second kappa shape index (κ2) is 7.16. The Labute approximate surface area is 115 Å². The number of nitrogens with one attached hydrogen (secondary N) is 2. The minimum Gasteiger partial charge on any atom is -0.370 e. The SMILES string of the molecule is Cc1[nH]ncc1CCCN=C(N)NC1CCCCC1. The fourth-order valence-corrected chi connectivity index (χ4v) is 2.60. The summed E-state index contributed by atoms with van der Waals surface area (Å²) in [5.41, 5.74) is 8.34. The minimum absolute atomic E-state index is 0.536. The number of nitrogens with two attached hydrogens (primary N) is 1. The van der Waals surface area contributed by atoms with Gasteiger partial charge in [0.05, 0.1) is 6.20 Å². The zero-order valence-corrected chi connectivity index (χ0v) is 11.8. The summed E-state index contributed by atoms with van der Waals surface area (Å²) >= 11 is 0. The molecule has 0 amide bonds. The Morgan fingerprint density at radius 2 is 2.26 bits per heavy atom.